The minimum atomic E-state index is -1.20. The number of rotatable bonds is 11. The van der Waals surface area contributed by atoms with Gasteiger partial charge in [0.05, 0.1) is 30.1 Å². The van der Waals surface area contributed by atoms with Crippen LogP contribution in [0.5, 0.6) is 5.75 Å². The van der Waals surface area contributed by atoms with Gasteiger partial charge in [-0.2, -0.15) is 0 Å². The first kappa shape index (κ1) is 48.3. The van der Waals surface area contributed by atoms with Crippen LogP contribution in [0.1, 0.15) is 87.1 Å². The van der Waals surface area contributed by atoms with E-state index in [1.54, 1.807) is 44.7 Å². The molecule has 3 aliphatic heterocycles. The number of nitrogens with zero attached hydrogens (tertiary/aromatic N) is 5. The number of phenolic OH excluding ortho intramolecular Hbond substituents is 1. The number of carbonyl (C=O) groups excluding carboxylic acids is 5. The number of aryl methyl sites for hydroxylation is 1. The van der Waals surface area contributed by atoms with E-state index in [0.717, 1.165) is 50.3 Å². The number of amides is 4. The lowest BCUT2D eigenvalue weighted by Gasteiger charge is -2.36. The second-order valence-corrected chi connectivity index (χ2v) is 20.0. The molecule has 3 aliphatic rings. The zero-order valence-corrected chi connectivity index (χ0v) is 40.7. The molecule has 2 fully saturated rings. The van der Waals surface area contributed by atoms with Crippen LogP contribution in [0.25, 0.3) is 33.3 Å². The Morgan fingerprint density at radius 2 is 1.88 bits per heavy atom. The van der Waals surface area contributed by atoms with Crippen LogP contribution in [0, 0.1) is 11.3 Å². The van der Waals surface area contributed by atoms with Crippen molar-refractivity contribution in [1.29, 1.82) is 0 Å². The number of thiazole rings is 1. The van der Waals surface area contributed by atoms with Gasteiger partial charge in [-0.3, -0.25) is 34.0 Å². The maximum Gasteiger partial charge on any atom is 0.324 e. The summed E-state index contributed by atoms with van der Waals surface area (Å²) in [4.78, 5) is 79.8. The third kappa shape index (κ3) is 10.1. The van der Waals surface area contributed by atoms with Crippen molar-refractivity contribution in [1.82, 2.24) is 40.5 Å². The van der Waals surface area contributed by atoms with Crippen molar-refractivity contribution < 1.29 is 38.6 Å². The number of pyridine rings is 1. The summed E-state index contributed by atoms with van der Waals surface area (Å²) in [6.07, 6.45) is 2.90. The zero-order valence-electron chi connectivity index (χ0n) is 39.8. The number of cyclic esters (lactones) is 1. The van der Waals surface area contributed by atoms with Gasteiger partial charge in [0.15, 0.2) is 5.01 Å². The summed E-state index contributed by atoms with van der Waals surface area (Å²) in [5, 5.41) is 24.0. The molecule has 1 unspecified atom stereocenters. The number of carbonyl (C=O) groups is 5. The molecule has 360 valence electrons. The van der Waals surface area contributed by atoms with Gasteiger partial charge in [-0.25, -0.2) is 10.4 Å². The molecule has 0 radical (unpaired) electrons. The maximum absolute atomic E-state index is 14.7. The number of benzene rings is 2. The average Bonchev–Trinajstić information content (AvgIpc) is 4.01. The Labute approximate surface area is 400 Å². The summed E-state index contributed by atoms with van der Waals surface area (Å²) in [6.45, 7) is 13.4. The van der Waals surface area contributed by atoms with E-state index >= 15 is 0 Å². The molecule has 18 heteroatoms. The van der Waals surface area contributed by atoms with Crippen molar-refractivity contribution in [2.45, 2.75) is 104 Å². The van der Waals surface area contributed by atoms with E-state index in [4.69, 9.17) is 14.5 Å². The highest BCUT2D eigenvalue weighted by Gasteiger charge is 2.39. The fourth-order valence-electron chi connectivity index (χ4n) is 9.41. The average molecular weight is 948 g/mol. The summed E-state index contributed by atoms with van der Waals surface area (Å²) in [7, 11) is 3.17. The number of likely N-dealkylation sites (N-methyl/N-ethyl adjacent to an activating group) is 1. The SMILES string of the molecule is CCn1c(-c2cccnc2[C@H](C)OC)c2c3cc(ccc31)-c1cc(O)cc(c1)C[C@H](NC(=O)C(C(C)C)N(C)C(=O)c1nc(NC(=O)[C@H]3CN3)cs1)C(=O)N1CCC[C@H](N1)C(=O)OCC(C)(C)C2. The lowest BCUT2D eigenvalue weighted by atomic mass is 9.84. The Morgan fingerprint density at radius 1 is 1.10 bits per heavy atom. The molecule has 3 aromatic heterocycles. The monoisotopic (exact) mass is 947 g/mol. The molecular formula is C50H61N9O8S. The Morgan fingerprint density at radius 3 is 2.60 bits per heavy atom. The van der Waals surface area contributed by atoms with Crippen molar-refractivity contribution in [3.63, 3.8) is 0 Å². The maximum atomic E-state index is 14.7. The van der Waals surface area contributed by atoms with Gasteiger partial charge < -0.3 is 40.0 Å². The summed E-state index contributed by atoms with van der Waals surface area (Å²) >= 11 is 1.05. The highest BCUT2D eigenvalue weighted by atomic mass is 32.1. The summed E-state index contributed by atoms with van der Waals surface area (Å²) in [6, 6.07) is 12.0. The fourth-order valence-corrected chi connectivity index (χ4v) is 10.1. The molecule has 2 saturated heterocycles. The summed E-state index contributed by atoms with van der Waals surface area (Å²) in [5.74, 6) is -2.54. The summed E-state index contributed by atoms with van der Waals surface area (Å²) < 4.78 is 14.2. The predicted molar refractivity (Wildman–Crippen MR) is 259 cm³/mol. The van der Waals surface area contributed by atoms with Crippen LogP contribution in [0.3, 0.4) is 0 Å². The van der Waals surface area contributed by atoms with Crippen LogP contribution < -0.4 is 21.4 Å². The van der Waals surface area contributed by atoms with Crippen LogP contribution >= 0.6 is 11.3 Å². The predicted octanol–water partition coefficient (Wildman–Crippen LogP) is 5.62. The van der Waals surface area contributed by atoms with Gasteiger partial charge in [0.1, 0.15) is 29.7 Å². The number of phenols is 1. The number of esters is 1. The molecule has 0 saturated carbocycles. The van der Waals surface area contributed by atoms with Gasteiger partial charge in [0.2, 0.25) is 11.8 Å². The lowest BCUT2D eigenvalue weighted by Crippen LogP contribution is -2.62. The van der Waals surface area contributed by atoms with E-state index in [-0.39, 0.29) is 54.2 Å². The largest absolute Gasteiger partial charge is 0.508 e. The molecule has 17 nitrogen and oxygen atoms in total. The first-order chi connectivity index (χ1) is 32.5. The topological polar surface area (TPSA) is 219 Å². The Bertz CT molecular complexity index is 2750. The second-order valence-electron chi connectivity index (χ2n) is 19.1. The van der Waals surface area contributed by atoms with Gasteiger partial charge in [0.25, 0.3) is 11.8 Å². The molecule has 4 amide bonds. The molecule has 5 atom stereocenters. The van der Waals surface area contributed by atoms with Crippen molar-refractivity contribution in [2.24, 2.45) is 11.3 Å². The third-order valence-corrected chi connectivity index (χ3v) is 13.8. The number of nitrogens with one attached hydrogen (secondary N) is 4. The molecule has 6 heterocycles. The number of aromatic hydroxyl groups is 1. The Kier molecular flexibility index (Phi) is 14.0. The van der Waals surface area contributed by atoms with E-state index in [1.807, 2.05) is 25.1 Å². The molecule has 5 N–H and O–H groups in total. The molecular weight excluding hydrogens is 887 g/mol. The molecule has 6 bridgehead atoms. The van der Waals surface area contributed by atoms with Crippen LogP contribution in [-0.4, -0.2) is 117 Å². The second kappa shape index (κ2) is 19.8. The molecule has 0 spiro atoms. The van der Waals surface area contributed by atoms with Crippen molar-refractivity contribution in [3.05, 3.63) is 81.9 Å². The van der Waals surface area contributed by atoms with Gasteiger partial charge >= 0.3 is 5.97 Å². The first-order valence-electron chi connectivity index (χ1n) is 23.2. The van der Waals surface area contributed by atoms with Gasteiger partial charge in [-0.05, 0) is 97.7 Å². The Balaban J connectivity index is 1.18. The lowest BCUT2D eigenvalue weighted by molar-refractivity contribution is -0.155. The standard InChI is InChI=1S/C50H61N9O8S/c1-9-58-39-15-14-30-22-34(39)35(43(58)33-12-10-16-51-41(33)28(4)66-8)23-50(5,6)26-67-49(65)36-13-11-17-59(56-36)47(63)37(20-29-18-31(30)21-32(60)19-29)53-45(62)42(27(2)3)57(7)48(64)46-55-40(25-68-46)54-44(61)38-24-52-38/h10,12,14-16,18-19,21-22,25,27-28,36-38,42,52,56,60H,9,11,13,17,20,23-24,26H2,1-8H3,(H,53,62)(H,54,61)/t28-,36-,37-,38+,42?/m0/s1. The molecule has 0 aliphatic carbocycles. The number of hydrogen-bond donors (Lipinski definition) is 5. The van der Waals surface area contributed by atoms with Crippen molar-refractivity contribution in [2.75, 3.05) is 39.2 Å². The van der Waals surface area contributed by atoms with E-state index in [1.165, 1.54) is 17.0 Å². The minimum Gasteiger partial charge on any atom is -0.508 e. The quantitative estimate of drug-likeness (QED) is 0.0806. The highest BCUT2D eigenvalue weighted by molar-refractivity contribution is 7.12. The van der Waals surface area contributed by atoms with E-state index in [2.05, 4.69) is 69.9 Å². The van der Waals surface area contributed by atoms with Crippen LogP contribution in [0.15, 0.2) is 60.1 Å². The van der Waals surface area contributed by atoms with Crippen LogP contribution in [-0.2, 0) is 48.0 Å². The number of hydrogen-bond acceptors (Lipinski definition) is 13. The fraction of sp³-hybridized carbons (Fsp3) is 0.460. The van der Waals surface area contributed by atoms with Crippen LogP contribution in [0.4, 0.5) is 5.82 Å². The third-order valence-electron chi connectivity index (χ3n) is 13.0. The number of fused-ring (bicyclic) bond motifs is 6. The summed E-state index contributed by atoms with van der Waals surface area (Å²) in [5.41, 5.74) is 9.44. The Hall–Kier alpha value is -6.21. The molecule has 5 aromatic rings. The minimum absolute atomic E-state index is 0.0250. The number of ether oxygens (including phenoxy) is 2. The molecule has 68 heavy (non-hydrogen) atoms. The van der Waals surface area contributed by atoms with Crippen molar-refractivity contribution >= 4 is 57.7 Å². The number of hydrazine groups is 1. The first-order valence-corrected chi connectivity index (χ1v) is 24.1. The van der Waals surface area contributed by atoms with Gasteiger partial charge in [-0.15, -0.1) is 11.3 Å². The smallest absolute Gasteiger partial charge is 0.324 e. The number of methoxy groups -OCH3 is 1. The van der Waals surface area contributed by atoms with E-state index in [0.29, 0.717) is 43.5 Å². The van der Waals surface area contributed by atoms with E-state index in [9.17, 15) is 29.1 Å². The zero-order chi connectivity index (χ0) is 48.6. The number of anilines is 1. The van der Waals surface area contributed by atoms with Gasteiger partial charge in [-0.1, -0.05) is 39.8 Å². The number of aromatic nitrogens is 3. The normalized spacial score (nSPS) is 20.3. The highest BCUT2D eigenvalue weighted by Crippen LogP contribution is 2.42. The van der Waals surface area contributed by atoms with Crippen molar-refractivity contribution in [3.8, 4) is 28.1 Å². The van der Waals surface area contributed by atoms with E-state index < -0.39 is 53.1 Å². The molecule has 2 aromatic carbocycles. The van der Waals surface area contributed by atoms with Crippen LogP contribution in [0.2, 0.25) is 0 Å². The molecule has 8 rings (SSSR count). The van der Waals surface area contributed by atoms with Gasteiger partial charge in [0, 0.05) is 73.7 Å².